The van der Waals surface area contributed by atoms with E-state index in [9.17, 15) is 19.4 Å². The number of phosphoric acid groups is 1. The van der Waals surface area contributed by atoms with Crippen molar-refractivity contribution in [1.82, 2.24) is 5.32 Å². The second-order valence-corrected chi connectivity index (χ2v) is 27.8. The summed E-state index contributed by atoms with van der Waals surface area (Å²) >= 11 is 0. The molecule has 1 amide bonds. The molecular formula is C71H144N2O6P+. The summed E-state index contributed by atoms with van der Waals surface area (Å²) in [6, 6.07) is -0.758. The zero-order valence-electron chi connectivity index (χ0n) is 54.9. The number of amides is 1. The number of phosphoric ester groups is 1. The number of carbonyl (C=O) groups excluding carboxylic acids is 1. The van der Waals surface area contributed by atoms with Gasteiger partial charge in [0.1, 0.15) is 13.2 Å². The van der Waals surface area contributed by atoms with Crippen molar-refractivity contribution in [2.24, 2.45) is 0 Å². The molecule has 0 radical (unpaired) electrons. The van der Waals surface area contributed by atoms with Crippen molar-refractivity contribution in [3.8, 4) is 0 Å². The van der Waals surface area contributed by atoms with Crippen molar-refractivity contribution >= 4 is 13.7 Å². The van der Waals surface area contributed by atoms with Gasteiger partial charge in [-0.1, -0.05) is 353 Å². The van der Waals surface area contributed by atoms with E-state index in [4.69, 9.17) is 9.05 Å². The molecule has 0 bridgehead atoms. The minimum atomic E-state index is -4.33. The summed E-state index contributed by atoms with van der Waals surface area (Å²) in [5.41, 5.74) is 0. The smallest absolute Gasteiger partial charge is 0.391 e. The number of rotatable bonds is 68. The number of nitrogens with zero attached hydrogens (tertiary/aromatic N) is 1. The number of unbranched alkanes of at least 4 members (excludes halogenated alkanes) is 53. The fourth-order valence-electron chi connectivity index (χ4n) is 11.4. The minimum absolute atomic E-state index is 0.0786. The highest BCUT2D eigenvalue weighted by atomic mass is 31.2. The fraction of sp³-hybridized carbons (Fsp3) is 0.958. The Bertz CT molecular complexity index is 1310. The van der Waals surface area contributed by atoms with Gasteiger partial charge in [-0.25, -0.2) is 4.57 Å². The first-order chi connectivity index (χ1) is 39.0. The largest absolute Gasteiger partial charge is 0.472 e. The van der Waals surface area contributed by atoms with Crippen LogP contribution in [0.1, 0.15) is 386 Å². The fourth-order valence-corrected chi connectivity index (χ4v) is 12.1. The Morgan fingerprint density at radius 2 is 0.675 bits per heavy atom. The van der Waals surface area contributed by atoms with Crippen molar-refractivity contribution < 1.29 is 32.9 Å². The topological polar surface area (TPSA) is 105 Å². The number of aliphatic hydroxyl groups is 1. The van der Waals surface area contributed by atoms with Gasteiger partial charge in [-0.05, 0) is 38.5 Å². The first-order valence-electron chi connectivity index (χ1n) is 36.1. The van der Waals surface area contributed by atoms with Crippen molar-refractivity contribution in [1.29, 1.82) is 0 Å². The average molecular weight is 1150 g/mol. The molecule has 0 aromatic carbocycles. The van der Waals surface area contributed by atoms with Gasteiger partial charge in [-0.15, -0.1) is 0 Å². The van der Waals surface area contributed by atoms with E-state index in [1.54, 1.807) is 0 Å². The molecular weight excluding hydrogens is 1010 g/mol. The summed E-state index contributed by atoms with van der Waals surface area (Å²) in [4.78, 5) is 23.5. The molecule has 3 N–H and O–H groups in total. The van der Waals surface area contributed by atoms with Crippen molar-refractivity contribution in [2.75, 3.05) is 40.9 Å². The molecule has 0 aliphatic rings. The molecule has 0 aliphatic heterocycles. The highest BCUT2D eigenvalue weighted by Crippen LogP contribution is 2.43. The van der Waals surface area contributed by atoms with E-state index in [1.807, 2.05) is 21.1 Å². The number of nitrogens with one attached hydrogen (secondary N) is 1. The van der Waals surface area contributed by atoms with E-state index in [0.29, 0.717) is 23.9 Å². The van der Waals surface area contributed by atoms with Crippen LogP contribution in [0.2, 0.25) is 0 Å². The molecule has 9 heteroatoms. The number of allylic oxidation sites excluding steroid dienone is 2. The highest BCUT2D eigenvalue weighted by Gasteiger charge is 2.28. The van der Waals surface area contributed by atoms with E-state index < -0.39 is 20.0 Å². The second kappa shape index (κ2) is 62.8. The van der Waals surface area contributed by atoms with Crippen LogP contribution in [0, 0.1) is 0 Å². The highest BCUT2D eigenvalue weighted by molar-refractivity contribution is 7.47. The summed E-state index contributed by atoms with van der Waals surface area (Å²) in [7, 11) is 1.64. The third-order valence-electron chi connectivity index (χ3n) is 17.0. The molecule has 0 fully saturated rings. The van der Waals surface area contributed by atoms with Gasteiger partial charge in [-0.2, -0.15) is 0 Å². The molecule has 0 aromatic heterocycles. The van der Waals surface area contributed by atoms with E-state index in [-0.39, 0.29) is 19.1 Å². The Balaban J connectivity index is 3.94. The van der Waals surface area contributed by atoms with Gasteiger partial charge < -0.3 is 19.8 Å². The Morgan fingerprint density at radius 3 is 0.963 bits per heavy atom. The summed E-state index contributed by atoms with van der Waals surface area (Å²) in [5, 5.41) is 14.2. The molecule has 0 spiro atoms. The second-order valence-electron chi connectivity index (χ2n) is 26.3. The monoisotopic (exact) mass is 1150 g/mol. The SMILES string of the molecule is CCCCCCCCCC/C=C\CCCCCCCCCCCCCCCCCCCCCCCCCC(=O)NC(COP(=O)(O)OCC[N+](C)(C)C)C(O)CCCCCCCCCCCCCCCCCCCCCCCCC. The van der Waals surface area contributed by atoms with Crippen LogP contribution >= 0.6 is 7.82 Å². The normalized spacial score (nSPS) is 13.6. The van der Waals surface area contributed by atoms with Crippen molar-refractivity contribution in [3.05, 3.63) is 12.2 Å². The summed E-state index contributed by atoms with van der Waals surface area (Å²) < 4.78 is 23.9. The molecule has 0 aliphatic carbocycles. The molecule has 0 saturated carbocycles. The maximum absolute atomic E-state index is 13.1. The van der Waals surface area contributed by atoms with E-state index in [1.165, 1.54) is 321 Å². The Morgan fingerprint density at radius 1 is 0.412 bits per heavy atom. The van der Waals surface area contributed by atoms with Gasteiger partial charge in [-0.3, -0.25) is 13.8 Å². The maximum Gasteiger partial charge on any atom is 0.472 e. The lowest BCUT2D eigenvalue weighted by molar-refractivity contribution is -0.870. The van der Waals surface area contributed by atoms with Gasteiger partial charge in [0.2, 0.25) is 5.91 Å². The lowest BCUT2D eigenvalue weighted by atomic mass is 10.0. The van der Waals surface area contributed by atoms with E-state index >= 15 is 0 Å². The standard InChI is InChI=1S/C71H143N2O6P/c1-6-8-10-12-14-16-18-20-22-24-26-28-30-31-32-33-34-35-36-37-38-39-40-41-43-45-47-49-51-53-55-57-59-61-63-65-71(75)72-69(68-79-80(76,77)78-67-66-73(3,4)5)70(74)64-62-60-58-56-54-52-50-48-46-44-42-29-27-25-23-21-19-17-15-13-11-9-7-2/h24,26,69-70,74H,6-23,25,27-68H2,1-5H3,(H-,72,75,76,77)/p+1/b26-24-. The van der Waals surface area contributed by atoms with Crippen LogP contribution in [0.15, 0.2) is 12.2 Å². The molecule has 3 atom stereocenters. The molecule has 0 aromatic rings. The molecule has 0 heterocycles. The first kappa shape index (κ1) is 79.2. The van der Waals surface area contributed by atoms with E-state index in [2.05, 4.69) is 31.3 Å². The quantitative estimate of drug-likeness (QED) is 0.0243. The Labute approximate surface area is 501 Å². The maximum atomic E-state index is 13.1. The van der Waals surface area contributed by atoms with Crippen LogP contribution < -0.4 is 5.32 Å². The Kier molecular flexibility index (Phi) is 62.2. The number of hydrogen-bond donors (Lipinski definition) is 3. The van der Waals surface area contributed by atoms with Crippen molar-refractivity contribution in [3.63, 3.8) is 0 Å². The summed E-state index contributed by atoms with van der Waals surface area (Å²) in [5.74, 6) is -0.134. The first-order valence-corrected chi connectivity index (χ1v) is 37.5. The predicted octanol–water partition coefficient (Wildman–Crippen LogP) is 22.9. The summed E-state index contributed by atoms with van der Waals surface area (Å²) in [6.45, 7) is 4.96. The minimum Gasteiger partial charge on any atom is -0.391 e. The summed E-state index contributed by atoms with van der Waals surface area (Å²) in [6.07, 6.45) is 80.4. The number of carbonyl (C=O) groups is 1. The number of hydrogen-bond acceptors (Lipinski definition) is 5. The number of aliphatic hydroxyl groups excluding tert-OH is 1. The number of likely N-dealkylation sites (N-methyl/N-ethyl adjacent to an activating group) is 1. The van der Waals surface area contributed by atoms with Gasteiger partial charge in [0.05, 0.1) is 39.9 Å². The van der Waals surface area contributed by atoms with Gasteiger partial charge in [0.25, 0.3) is 0 Å². The Hall–Kier alpha value is -0.760. The third kappa shape index (κ3) is 64.8. The molecule has 3 unspecified atom stereocenters. The van der Waals surface area contributed by atoms with Crippen LogP contribution in [0.25, 0.3) is 0 Å². The van der Waals surface area contributed by atoms with Crippen LogP contribution in [0.5, 0.6) is 0 Å². The zero-order chi connectivity index (χ0) is 58.4. The van der Waals surface area contributed by atoms with Crippen LogP contribution in [0.4, 0.5) is 0 Å². The van der Waals surface area contributed by atoms with E-state index in [0.717, 1.165) is 38.5 Å². The average Bonchev–Trinajstić information content (AvgIpc) is 3.42. The van der Waals surface area contributed by atoms with Gasteiger partial charge in [0, 0.05) is 6.42 Å². The molecule has 8 nitrogen and oxygen atoms in total. The van der Waals surface area contributed by atoms with Gasteiger partial charge in [0.15, 0.2) is 0 Å². The number of quaternary nitrogens is 1. The molecule has 0 saturated heterocycles. The molecule has 478 valence electrons. The third-order valence-corrected chi connectivity index (χ3v) is 18.0. The van der Waals surface area contributed by atoms with Crippen LogP contribution in [-0.2, 0) is 18.4 Å². The zero-order valence-corrected chi connectivity index (χ0v) is 55.8. The lowest BCUT2D eigenvalue weighted by Crippen LogP contribution is -2.46. The molecule has 0 rings (SSSR count). The predicted molar refractivity (Wildman–Crippen MR) is 351 cm³/mol. The van der Waals surface area contributed by atoms with Gasteiger partial charge >= 0.3 is 7.82 Å². The van der Waals surface area contributed by atoms with Crippen LogP contribution in [-0.4, -0.2) is 73.4 Å². The lowest BCUT2D eigenvalue weighted by Gasteiger charge is -2.26. The molecule has 80 heavy (non-hydrogen) atoms. The van der Waals surface area contributed by atoms with Crippen molar-refractivity contribution in [2.45, 2.75) is 398 Å². The van der Waals surface area contributed by atoms with Crippen LogP contribution in [0.3, 0.4) is 0 Å².